The van der Waals surface area contributed by atoms with Gasteiger partial charge in [-0.15, -0.1) is 17.0 Å². The van der Waals surface area contributed by atoms with Gasteiger partial charge in [-0.3, -0.25) is 4.79 Å². The van der Waals surface area contributed by atoms with E-state index in [2.05, 4.69) is 10.5 Å². The third-order valence-electron chi connectivity index (χ3n) is 0.287. The predicted octanol–water partition coefficient (Wildman–Crippen LogP) is -0.304. The van der Waals surface area contributed by atoms with Gasteiger partial charge in [0.25, 0.3) is 0 Å². The smallest absolute Gasteiger partial charge is 0.243 e. The average molecular weight is 170 g/mol. The molecule has 0 aliphatic heterocycles. The van der Waals surface area contributed by atoms with Crippen molar-refractivity contribution >= 4 is 22.9 Å². The zero-order valence-electron chi connectivity index (χ0n) is 4.01. The first kappa shape index (κ1) is 10.0. The monoisotopic (exact) mass is 169 g/mol. The number of nitrogens with two attached hydrogens (primary N) is 1. The van der Waals surface area contributed by atoms with E-state index in [0.29, 0.717) is 0 Å². The normalized spacial score (nSPS) is 7.00. The number of hydrogen-bond donors (Lipinski definition) is 1. The minimum Gasteiger partial charge on any atom is -0.375 e. The molecule has 0 saturated carbocycles. The third-order valence-corrected chi connectivity index (χ3v) is 0.287. The van der Waals surface area contributed by atoms with E-state index < -0.39 is 5.91 Å². The number of primary amides is 1. The van der Waals surface area contributed by atoms with E-state index >= 15 is 0 Å². The van der Waals surface area contributed by atoms with Gasteiger partial charge in [0.05, 0.1) is 0 Å². The molecule has 0 aromatic carbocycles. The Kier molecular flexibility index (Phi) is 8.45. The van der Waals surface area contributed by atoms with Crippen LogP contribution in [0.25, 0.3) is 0 Å². The molecule has 0 radical (unpaired) electrons. The molecule has 44 valence electrons. The molecule has 0 heterocycles. The van der Waals surface area contributed by atoms with Crippen molar-refractivity contribution in [3.05, 3.63) is 0 Å². The number of rotatable bonds is 2. The van der Waals surface area contributed by atoms with Gasteiger partial charge in [0.15, 0.2) is 0 Å². The van der Waals surface area contributed by atoms with Gasteiger partial charge >= 0.3 is 0 Å². The molecule has 0 aliphatic carbocycles. The van der Waals surface area contributed by atoms with Crippen LogP contribution in [0.1, 0.15) is 0 Å². The highest BCUT2D eigenvalue weighted by Gasteiger charge is 1.84. The lowest BCUT2D eigenvalue weighted by molar-refractivity contribution is -0.121. The lowest BCUT2D eigenvalue weighted by Gasteiger charge is -1.85. The Morgan fingerprint density at radius 1 is 1.86 bits per heavy atom. The van der Waals surface area contributed by atoms with Gasteiger partial charge < -0.3 is 10.5 Å². The second-order valence-corrected chi connectivity index (χ2v) is 0.899. The Bertz CT molecular complexity index is 56.9. The molecule has 2 N–H and O–H groups in total. The van der Waals surface area contributed by atoms with Crippen LogP contribution in [0.5, 0.6) is 0 Å². The van der Waals surface area contributed by atoms with Gasteiger partial charge in [0.1, 0.15) is 6.61 Å². The number of carbonyl (C=O) groups excluding carboxylic acids is 1. The van der Waals surface area contributed by atoms with Crippen molar-refractivity contribution in [3.63, 3.8) is 0 Å². The number of amides is 1. The number of methoxy groups -OCH3 is 1. The Morgan fingerprint density at radius 2 is 2.29 bits per heavy atom. The van der Waals surface area contributed by atoms with Crippen LogP contribution in [0.15, 0.2) is 0 Å². The highest BCUT2D eigenvalue weighted by molar-refractivity contribution is 8.93. The maximum Gasteiger partial charge on any atom is 0.243 e. The van der Waals surface area contributed by atoms with Crippen LogP contribution < -0.4 is 5.73 Å². The topological polar surface area (TPSA) is 52.3 Å². The molecule has 0 saturated heterocycles. The summed E-state index contributed by atoms with van der Waals surface area (Å²) in [4.78, 5) is 9.70. The Labute approximate surface area is 52.6 Å². The van der Waals surface area contributed by atoms with E-state index in [9.17, 15) is 4.79 Å². The molecule has 4 heteroatoms. The minimum absolute atomic E-state index is 0. The van der Waals surface area contributed by atoms with Gasteiger partial charge in [-0.05, 0) is 0 Å². The molecule has 3 nitrogen and oxygen atoms in total. The zero-order valence-corrected chi connectivity index (χ0v) is 5.72. The standard InChI is InChI=1S/C3H7NO2.BrH/c1-6-2-3(4)5;/h2H2,1H3,(H2,4,5);1H. The van der Waals surface area contributed by atoms with Crippen molar-refractivity contribution in [2.45, 2.75) is 0 Å². The van der Waals surface area contributed by atoms with Gasteiger partial charge in [-0.1, -0.05) is 0 Å². The summed E-state index contributed by atoms with van der Waals surface area (Å²) in [7, 11) is 1.42. The molecule has 7 heavy (non-hydrogen) atoms. The van der Waals surface area contributed by atoms with Gasteiger partial charge in [0.2, 0.25) is 5.91 Å². The number of halogens is 1. The van der Waals surface area contributed by atoms with Crippen LogP contribution in [0.2, 0.25) is 0 Å². The summed E-state index contributed by atoms with van der Waals surface area (Å²) in [5.41, 5.74) is 4.64. The lowest BCUT2D eigenvalue weighted by atomic mass is 10.7. The van der Waals surface area contributed by atoms with Crippen molar-refractivity contribution in [2.75, 3.05) is 13.7 Å². The molecule has 0 atom stereocenters. The van der Waals surface area contributed by atoms with E-state index in [1.165, 1.54) is 7.11 Å². The Morgan fingerprint density at radius 3 is 2.29 bits per heavy atom. The van der Waals surface area contributed by atoms with Crippen LogP contribution in [0.3, 0.4) is 0 Å². The van der Waals surface area contributed by atoms with Crippen molar-refractivity contribution in [1.29, 1.82) is 0 Å². The second-order valence-electron chi connectivity index (χ2n) is 0.899. The molecule has 0 aliphatic rings. The average Bonchev–Trinajstić information content (AvgIpc) is 1.35. The van der Waals surface area contributed by atoms with Crippen LogP contribution in [-0.4, -0.2) is 19.6 Å². The van der Waals surface area contributed by atoms with Crippen LogP contribution in [0, 0.1) is 0 Å². The maximum atomic E-state index is 9.70. The zero-order chi connectivity index (χ0) is 4.99. The minimum atomic E-state index is -0.433. The number of carbonyl (C=O) groups is 1. The first-order valence-electron chi connectivity index (χ1n) is 1.54. The largest absolute Gasteiger partial charge is 0.375 e. The van der Waals surface area contributed by atoms with E-state index in [1.807, 2.05) is 0 Å². The molecular formula is C3H8BrNO2. The molecule has 0 rings (SSSR count). The summed E-state index contributed by atoms with van der Waals surface area (Å²) in [5, 5.41) is 0. The first-order valence-corrected chi connectivity index (χ1v) is 1.54. The van der Waals surface area contributed by atoms with E-state index in [4.69, 9.17) is 0 Å². The van der Waals surface area contributed by atoms with Gasteiger partial charge in [-0.2, -0.15) is 0 Å². The SMILES string of the molecule is Br.COCC(N)=O. The summed E-state index contributed by atoms with van der Waals surface area (Å²) in [6.07, 6.45) is 0. The molecule has 0 aromatic rings. The molecule has 0 unspecified atom stereocenters. The Balaban J connectivity index is 0. The number of hydrogen-bond acceptors (Lipinski definition) is 2. The lowest BCUT2D eigenvalue weighted by Crippen LogP contribution is -2.16. The second kappa shape index (κ2) is 5.91. The van der Waals surface area contributed by atoms with E-state index in [1.54, 1.807) is 0 Å². The fraction of sp³-hybridized carbons (Fsp3) is 0.667. The van der Waals surface area contributed by atoms with E-state index in [-0.39, 0.29) is 23.6 Å². The first-order chi connectivity index (χ1) is 2.77. The van der Waals surface area contributed by atoms with Crippen LogP contribution in [0.4, 0.5) is 0 Å². The van der Waals surface area contributed by atoms with Gasteiger partial charge in [0, 0.05) is 7.11 Å². The molecule has 0 bridgehead atoms. The van der Waals surface area contributed by atoms with E-state index in [0.717, 1.165) is 0 Å². The summed E-state index contributed by atoms with van der Waals surface area (Å²) < 4.78 is 4.33. The molecule has 0 aromatic heterocycles. The molecule has 0 spiro atoms. The van der Waals surface area contributed by atoms with Crippen molar-refractivity contribution in [2.24, 2.45) is 5.73 Å². The fourth-order valence-electron chi connectivity index (χ4n) is 0.142. The van der Waals surface area contributed by atoms with Crippen molar-refractivity contribution < 1.29 is 9.53 Å². The summed E-state index contributed by atoms with van der Waals surface area (Å²) >= 11 is 0. The van der Waals surface area contributed by atoms with Crippen molar-refractivity contribution in [3.8, 4) is 0 Å². The maximum absolute atomic E-state index is 9.70. The summed E-state index contributed by atoms with van der Waals surface area (Å²) in [5.74, 6) is -0.433. The van der Waals surface area contributed by atoms with Crippen LogP contribution >= 0.6 is 17.0 Å². The van der Waals surface area contributed by atoms with Gasteiger partial charge in [-0.25, -0.2) is 0 Å². The summed E-state index contributed by atoms with van der Waals surface area (Å²) in [6, 6.07) is 0. The summed E-state index contributed by atoms with van der Waals surface area (Å²) in [6.45, 7) is 0.0139. The van der Waals surface area contributed by atoms with Crippen molar-refractivity contribution in [1.82, 2.24) is 0 Å². The number of ether oxygens (including phenoxy) is 1. The molecule has 0 fully saturated rings. The quantitative estimate of drug-likeness (QED) is 0.618. The molecular weight excluding hydrogens is 162 g/mol. The highest BCUT2D eigenvalue weighted by Crippen LogP contribution is 1.58. The predicted molar refractivity (Wildman–Crippen MR) is 31.4 cm³/mol. The Hall–Kier alpha value is -0.0900. The fourth-order valence-corrected chi connectivity index (χ4v) is 0.142. The van der Waals surface area contributed by atoms with Crippen LogP contribution in [-0.2, 0) is 9.53 Å². The highest BCUT2D eigenvalue weighted by atomic mass is 79.9. The molecule has 1 amide bonds. The third kappa shape index (κ3) is 10.7.